The van der Waals surface area contributed by atoms with Crippen LogP contribution in [0, 0.1) is 11.8 Å². The number of aromatic nitrogens is 2. The monoisotopic (exact) mass is 354 g/mol. The van der Waals surface area contributed by atoms with E-state index in [1.54, 1.807) is 12.3 Å². The van der Waals surface area contributed by atoms with Crippen LogP contribution in [0.25, 0.3) is 11.3 Å². The summed E-state index contributed by atoms with van der Waals surface area (Å²) in [5.41, 5.74) is 3.64. The summed E-state index contributed by atoms with van der Waals surface area (Å²) in [5.74, 6) is 6.18. The maximum absolute atomic E-state index is 12.3. The van der Waals surface area contributed by atoms with Gasteiger partial charge in [0.2, 0.25) is 0 Å². The number of nitrogens with zero attached hydrogens (tertiary/aromatic N) is 2. The quantitative estimate of drug-likeness (QED) is 0.489. The zero-order valence-corrected chi connectivity index (χ0v) is 14.6. The largest absolute Gasteiger partial charge is 0.288 e. The predicted octanol–water partition coefficient (Wildman–Crippen LogP) is 4.70. The fourth-order valence-electron chi connectivity index (χ4n) is 2.49. The van der Waals surface area contributed by atoms with Crippen molar-refractivity contribution < 1.29 is 4.79 Å². The molecule has 0 N–H and O–H groups in total. The van der Waals surface area contributed by atoms with Gasteiger partial charge < -0.3 is 0 Å². The zero-order valence-electron chi connectivity index (χ0n) is 13.8. The van der Waals surface area contributed by atoms with Crippen LogP contribution >= 0.6 is 11.3 Å². The predicted molar refractivity (Wildman–Crippen MR) is 104 cm³/mol. The Balaban J connectivity index is 1.53. The van der Waals surface area contributed by atoms with Crippen molar-refractivity contribution in [1.82, 2.24) is 9.78 Å². The topological polar surface area (TPSA) is 34.9 Å². The molecule has 0 radical (unpaired) electrons. The van der Waals surface area contributed by atoms with E-state index in [1.165, 1.54) is 16.0 Å². The zero-order chi connectivity index (χ0) is 17.8. The molecule has 0 aliphatic heterocycles. The fraction of sp³-hybridized carbons (Fsp3) is 0. The summed E-state index contributed by atoms with van der Waals surface area (Å²) in [6.45, 7) is 0. The summed E-state index contributed by atoms with van der Waals surface area (Å²) >= 11 is 1.41. The van der Waals surface area contributed by atoms with E-state index >= 15 is 0 Å². The number of carbonyl (C=O) groups is 1. The van der Waals surface area contributed by atoms with Gasteiger partial charge in [-0.2, -0.15) is 5.10 Å². The van der Waals surface area contributed by atoms with Crippen LogP contribution < -0.4 is 0 Å². The molecule has 26 heavy (non-hydrogen) atoms. The van der Waals surface area contributed by atoms with Crippen molar-refractivity contribution in [3.63, 3.8) is 0 Å². The van der Waals surface area contributed by atoms with Gasteiger partial charge in [0.25, 0.3) is 5.91 Å². The summed E-state index contributed by atoms with van der Waals surface area (Å²) in [6, 6.07) is 23.3. The molecule has 0 atom stereocenters. The van der Waals surface area contributed by atoms with E-state index in [2.05, 4.69) is 16.9 Å². The average molecular weight is 354 g/mol. The molecule has 124 valence electrons. The van der Waals surface area contributed by atoms with Gasteiger partial charge in [-0.25, -0.2) is 4.68 Å². The minimum Gasteiger partial charge on any atom is -0.266 e. The van der Waals surface area contributed by atoms with Gasteiger partial charge in [0.1, 0.15) is 0 Å². The van der Waals surface area contributed by atoms with E-state index in [0.717, 1.165) is 22.4 Å². The van der Waals surface area contributed by atoms with Gasteiger partial charge in [0.15, 0.2) is 0 Å². The Bertz CT molecular complexity index is 1080. The smallest absolute Gasteiger partial charge is 0.266 e. The first-order chi connectivity index (χ1) is 12.8. The molecule has 2 heterocycles. The Morgan fingerprint density at radius 3 is 2.27 bits per heavy atom. The molecule has 4 aromatic rings. The van der Waals surface area contributed by atoms with E-state index in [9.17, 15) is 4.79 Å². The Morgan fingerprint density at radius 2 is 1.58 bits per heavy atom. The molecule has 0 fully saturated rings. The summed E-state index contributed by atoms with van der Waals surface area (Å²) in [4.78, 5) is 13.0. The van der Waals surface area contributed by atoms with Gasteiger partial charge in [0.05, 0.1) is 10.6 Å². The van der Waals surface area contributed by atoms with Gasteiger partial charge in [-0.15, -0.1) is 11.3 Å². The highest BCUT2D eigenvalue weighted by molar-refractivity contribution is 7.12. The van der Waals surface area contributed by atoms with Crippen molar-refractivity contribution >= 4 is 17.2 Å². The SMILES string of the molecule is O=C(c1cccs1)n1ccc(-c2ccc(C#Cc3ccccc3)cc2)n1. The Morgan fingerprint density at radius 1 is 0.846 bits per heavy atom. The molecule has 0 bridgehead atoms. The van der Waals surface area contributed by atoms with Gasteiger partial charge >= 0.3 is 0 Å². The number of benzene rings is 2. The van der Waals surface area contributed by atoms with Crippen molar-refractivity contribution in [2.24, 2.45) is 0 Å². The third-order valence-corrected chi connectivity index (χ3v) is 4.69. The molecule has 2 aromatic heterocycles. The minimum absolute atomic E-state index is 0.114. The first kappa shape index (κ1) is 16.1. The lowest BCUT2D eigenvalue weighted by molar-refractivity contribution is 0.0949. The van der Waals surface area contributed by atoms with E-state index in [1.807, 2.05) is 72.1 Å². The van der Waals surface area contributed by atoms with Crippen LogP contribution in [-0.4, -0.2) is 15.7 Å². The molecule has 0 aliphatic rings. The number of thiophene rings is 1. The molecular formula is C22H14N2OS. The summed E-state index contributed by atoms with van der Waals surface area (Å²) in [7, 11) is 0. The van der Waals surface area contributed by atoms with Crippen molar-refractivity contribution in [3.05, 3.63) is 100 Å². The molecule has 4 rings (SSSR count). The Labute approximate surface area is 155 Å². The average Bonchev–Trinajstić information content (AvgIpc) is 3.39. The number of hydrogen-bond donors (Lipinski definition) is 0. The van der Waals surface area contributed by atoms with Crippen molar-refractivity contribution in [3.8, 4) is 23.1 Å². The second-order valence-electron chi connectivity index (χ2n) is 5.62. The molecule has 0 unspecified atom stereocenters. The Hall–Kier alpha value is -3.42. The van der Waals surface area contributed by atoms with Crippen LogP contribution in [0.4, 0.5) is 0 Å². The van der Waals surface area contributed by atoms with E-state index in [0.29, 0.717) is 4.88 Å². The number of hydrogen-bond acceptors (Lipinski definition) is 3. The summed E-state index contributed by atoms with van der Waals surface area (Å²) in [6.07, 6.45) is 1.69. The molecule has 0 amide bonds. The molecule has 0 aliphatic carbocycles. The normalized spacial score (nSPS) is 10.2. The molecular weight excluding hydrogens is 340 g/mol. The molecule has 4 heteroatoms. The summed E-state index contributed by atoms with van der Waals surface area (Å²) < 4.78 is 1.38. The maximum Gasteiger partial charge on any atom is 0.288 e. The standard InChI is InChI=1S/C22H14N2OS/c25-22(21-7-4-16-26-21)24-15-14-20(23-24)19-12-10-18(11-13-19)9-8-17-5-2-1-3-6-17/h1-7,10-16H. The first-order valence-corrected chi connectivity index (χ1v) is 8.99. The molecule has 0 spiro atoms. The first-order valence-electron chi connectivity index (χ1n) is 8.11. The van der Waals surface area contributed by atoms with Gasteiger partial charge in [0, 0.05) is 22.9 Å². The fourth-order valence-corrected chi connectivity index (χ4v) is 3.15. The van der Waals surface area contributed by atoms with Crippen LogP contribution in [0.3, 0.4) is 0 Å². The minimum atomic E-state index is -0.114. The number of carbonyl (C=O) groups excluding carboxylic acids is 1. The van der Waals surface area contributed by atoms with Crippen molar-refractivity contribution in [1.29, 1.82) is 0 Å². The second kappa shape index (κ2) is 7.22. The molecule has 2 aromatic carbocycles. The molecule has 3 nitrogen and oxygen atoms in total. The van der Waals surface area contributed by atoms with Crippen LogP contribution in [-0.2, 0) is 0 Å². The Kier molecular flexibility index (Phi) is 4.46. The lowest BCUT2D eigenvalue weighted by Crippen LogP contribution is -2.10. The highest BCUT2D eigenvalue weighted by atomic mass is 32.1. The van der Waals surface area contributed by atoms with Gasteiger partial charge in [-0.3, -0.25) is 4.79 Å². The van der Waals surface area contributed by atoms with E-state index in [4.69, 9.17) is 0 Å². The molecule has 0 saturated carbocycles. The lowest BCUT2D eigenvalue weighted by Gasteiger charge is -1.98. The molecule has 0 saturated heterocycles. The number of rotatable bonds is 2. The maximum atomic E-state index is 12.3. The third-order valence-electron chi connectivity index (χ3n) is 3.83. The van der Waals surface area contributed by atoms with Crippen LogP contribution in [0.15, 0.2) is 84.4 Å². The van der Waals surface area contributed by atoms with Crippen molar-refractivity contribution in [2.75, 3.05) is 0 Å². The van der Waals surface area contributed by atoms with Crippen LogP contribution in [0.5, 0.6) is 0 Å². The summed E-state index contributed by atoms with van der Waals surface area (Å²) in [5, 5.41) is 6.28. The van der Waals surface area contributed by atoms with Crippen LogP contribution in [0.1, 0.15) is 20.8 Å². The van der Waals surface area contributed by atoms with E-state index in [-0.39, 0.29) is 5.91 Å². The highest BCUT2D eigenvalue weighted by Gasteiger charge is 2.11. The van der Waals surface area contributed by atoms with Gasteiger partial charge in [-0.1, -0.05) is 48.2 Å². The van der Waals surface area contributed by atoms with Crippen molar-refractivity contribution in [2.45, 2.75) is 0 Å². The second-order valence-corrected chi connectivity index (χ2v) is 6.57. The highest BCUT2D eigenvalue weighted by Crippen LogP contribution is 2.18. The third kappa shape index (κ3) is 3.49. The van der Waals surface area contributed by atoms with E-state index < -0.39 is 0 Å². The van der Waals surface area contributed by atoms with Crippen LogP contribution in [0.2, 0.25) is 0 Å². The lowest BCUT2D eigenvalue weighted by atomic mass is 10.1. The van der Waals surface area contributed by atoms with Gasteiger partial charge in [-0.05, 0) is 41.8 Å².